The van der Waals surface area contributed by atoms with E-state index in [2.05, 4.69) is 10.1 Å². The van der Waals surface area contributed by atoms with Crippen LogP contribution >= 0.6 is 0 Å². The number of anilines is 1. The normalized spacial score (nSPS) is 15.9. The van der Waals surface area contributed by atoms with Crippen LogP contribution in [0.3, 0.4) is 0 Å². The highest BCUT2D eigenvalue weighted by Gasteiger charge is 2.36. The maximum absolute atomic E-state index is 5.70. The van der Waals surface area contributed by atoms with E-state index in [9.17, 15) is 0 Å². The number of nitrogens with zero attached hydrogens (tertiary/aromatic N) is 2. The summed E-state index contributed by atoms with van der Waals surface area (Å²) in [5, 5.41) is 4.01. The minimum Gasteiger partial charge on any atom is -0.484 e. The number of nitrogen functional groups attached to an aromatic ring is 1. The topological polar surface area (TPSA) is 83.4 Å². The predicted molar refractivity (Wildman–Crippen MR) is 76.6 cm³/mol. The van der Waals surface area contributed by atoms with Gasteiger partial charge in [-0.1, -0.05) is 5.16 Å². The molecule has 0 radical (unpaired) electrons. The molecular weight excluding hydrogens is 270 g/mol. The van der Waals surface area contributed by atoms with Gasteiger partial charge >= 0.3 is 0 Å². The van der Waals surface area contributed by atoms with Crippen molar-refractivity contribution in [2.24, 2.45) is 5.92 Å². The van der Waals surface area contributed by atoms with Gasteiger partial charge in [0.25, 0.3) is 5.89 Å². The van der Waals surface area contributed by atoms with Gasteiger partial charge in [0.1, 0.15) is 11.9 Å². The summed E-state index contributed by atoms with van der Waals surface area (Å²) in [6.45, 7) is 2.86. The summed E-state index contributed by atoms with van der Waals surface area (Å²) in [7, 11) is 0. The average molecular weight is 289 g/mol. The summed E-state index contributed by atoms with van der Waals surface area (Å²) in [4.78, 5) is 4.37. The van der Waals surface area contributed by atoms with Gasteiger partial charge in [-0.15, -0.1) is 0 Å². The van der Waals surface area contributed by atoms with Crippen molar-refractivity contribution in [1.82, 2.24) is 10.1 Å². The molecule has 1 saturated carbocycles. The predicted octanol–water partition coefficient (Wildman–Crippen LogP) is 2.72. The summed E-state index contributed by atoms with van der Waals surface area (Å²) in [5.74, 6) is 2.31. The summed E-state index contributed by atoms with van der Waals surface area (Å²) in [6, 6.07) is 7.18. The van der Waals surface area contributed by atoms with Gasteiger partial charge in [-0.25, -0.2) is 0 Å². The fourth-order valence-electron chi connectivity index (χ4n) is 2.15. The van der Waals surface area contributed by atoms with Crippen LogP contribution in [-0.4, -0.2) is 16.7 Å². The third-order valence-electron chi connectivity index (χ3n) is 3.38. The smallest absolute Gasteiger partial charge is 0.264 e. The Balaban J connectivity index is 1.60. The quantitative estimate of drug-likeness (QED) is 0.789. The largest absolute Gasteiger partial charge is 0.484 e. The monoisotopic (exact) mass is 289 g/mol. The van der Waals surface area contributed by atoms with Crippen molar-refractivity contribution < 1.29 is 14.0 Å². The Hall–Kier alpha value is -2.08. The summed E-state index contributed by atoms with van der Waals surface area (Å²) < 4.78 is 16.5. The van der Waals surface area contributed by atoms with Crippen LogP contribution in [-0.2, 0) is 11.3 Å². The van der Waals surface area contributed by atoms with Gasteiger partial charge < -0.3 is 19.7 Å². The third-order valence-corrected chi connectivity index (χ3v) is 3.38. The highest BCUT2D eigenvalue weighted by molar-refractivity contribution is 5.41. The first-order valence-corrected chi connectivity index (χ1v) is 7.18. The van der Waals surface area contributed by atoms with E-state index in [1.165, 1.54) is 0 Å². The molecule has 0 amide bonds. The van der Waals surface area contributed by atoms with Crippen LogP contribution in [0.5, 0.6) is 5.75 Å². The first kappa shape index (κ1) is 13.9. The Bertz CT molecular complexity index is 578. The second-order valence-electron chi connectivity index (χ2n) is 5.12. The van der Waals surface area contributed by atoms with Gasteiger partial charge in [0.15, 0.2) is 6.61 Å². The zero-order valence-corrected chi connectivity index (χ0v) is 12.0. The Morgan fingerprint density at radius 2 is 2.10 bits per heavy atom. The van der Waals surface area contributed by atoms with E-state index in [1.807, 2.05) is 6.92 Å². The molecule has 112 valence electrons. The Kier molecular flexibility index (Phi) is 4.06. The van der Waals surface area contributed by atoms with Crippen molar-refractivity contribution >= 4 is 5.69 Å². The van der Waals surface area contributed by atoms with Crippen LogP contribution in [0.2, 0.25) is 0 Å². The molecule has 6 heteroatoms. The van der Waals surface area contributed by atoms with Crippen LogP contribution in [0.1, 0.15) is 37.6 Å². The standard InChI is InChI=1S/C15H19N3O3/c1-2-19-14(10-3-4-10)15-17-13(21-18-15)9-20-12-7-5-11(16)6-8-12/h5-8,10,14H,2-4,9,16H2,1H3. The molecule has 2 N–H and O–H groups in total. The highest BCUT2D eigenvalue weighted by Crippen LogP contribution is 2.42. The number of rotatable bonds is 7. The van der Waals surface area contributed by atoms with Crippen molar-refractivity contribution in [1.29, 1.82) is 0 Å². The molecule has 0 aliphatic heterocycles. The number of hydrogen-bond acceptors (Lipinski definition) is 6. The summed E-state index contributed by atoms with van der Waals surface area (Å²) >= 11 is 0. The second kappa shape index (κ2) is 6.13. The molecule has 1 atom stereocenters. The molecule has 21 heavy (non-hydrogen) atoms. The van der Waals surface area contributed by atoms with Crippen LogP contribution in [0.25, 0.3) is 0 Å². The molecule has 1 aliphatic carbocycles. The molecule has 1 unspecified atom stereocenters. The van der Waals surface area contributed by atoms with Gasteiger partial charge in [0, 0.05) is 12.3 Å². The van der Waals surface area contributed by atoms with E-state index >= 15 is 0 Å². The number of ether oxygens (including phenoxy) is 2. The van der Waals surface area contributed by atoms with Crippen LogP contribution < -0.4 is 10.5 Å². The molecule has 3 rings (SSSR count). The van der Waals surface area contributed by atoms with Gasteiger partial charge in [-0.2, -0.15) is 4.98 Å². The molecule has 2 aromatic rings. The lowest BCUT2D eigenvalue weighted by molar-refractivity contribution is 0.0384. The highest BCUT2D eigenvalue weighted by atomic mass is 16.5. The van der Waals surface area contributed by atoms with Gasteiger partial charge in [-0.05, 0) is 49.9 Å². The van der Waals surface area contributed by atoms with Crippen molar-refractivity contribution in [2.45, 2.75) is 32.5 Å². The number of hydrogen-bond donors (Lipinski definition) is 1. The van der Waals surface area contributed by atoms with Crippen LogP contribution in [0.4, 0.5) is 5.69 Å². The van der Waals surface area contributed by atoms with Crippen LogP contribution in [0, 0.1) is 5.92 Å². The summed E-state index contributed by atoms with van der Waals surface area (Å²) in [5.41, 5.74) is 6.32. The van der Waals surface area contributed by atoms with E-state index in [4.69, 9.17) is 19.7 Å². The maximum Gasteiger partial charge on any atom is 0.264 e. The molecule has 1 aromatic carbocycles. The van der Waals surface area contributed by atoms with E-state index in [1.54, 1.807) is 24.3 Å². The fraction of sp³-hybridized carbons (Fsp3) is 0.467. The summed E-state index contributed by atoms with van der Waals surface area (Å²) in [6.07, 6.45) is 2.27. The lowest BCUT2D eigenvalue weighted by Gasteiger charge is -2.11. The fourth-order valence-corrected chi connectivity index (χ4v) is 2.15. The van der Waals surface area contributed by atoms with Gasteiger partial charge in [0.05, 0.1) is 0 Å². The molecule has 1 heterocycles. The minimum atomic E-state index is -0.0518. The number of nitrogens with two attached hydrogens (primary N) is 1. The molecule has 0 saturated heterocycles. The number of aromatic nitrogens is 2. The van der Waals surface area contributed by atoms with Crippen molar-refractivity contribution in [2.75, 3.05) is 12.3 Å². The zero-order chi connectivity index (χ0) is 14.7. The third kappa shape index (κ3) is 3.52. The van der Waals surface area contributed by atoms with Crippen molar-refractivity contribution in [3.05, 3.63) is 36.0 Å². The Labute approximate surface area is 123 Å². The van der Waals surface area contributed by atoms with E-state index in [-0.39, 0.29) is 12.7 Å². The molecule has 1 fully saturated rings. The van der Waals surface area contributed by atoms with Gasteiger partial charge in [-0.3, -0.25) is 0 Å². The number of benzene rings is 1. The molecule has 1 aliphatic rings. The van der Waals surface area contributed by atoms with E-state index in [0.29, 0.717) is 35.7 Å². The van der Waals surface area contributed by atoms with E-state index in [0.717, 1.165) is 12.8 Å². The molecular formula is C15H19N3O3. The Morgan fingerprint density at radius 3 is 2.76 bits per heavy atom. The first-order chi connectivity index (χ1) is 10.3. The second-order valence-corrected chi connectivity index (χ2v) is 5.12. The molecule has 0 bridgehead atoms. The van der Waals surface area contributed by atoms with Crippen LogP contribution in [0.15, 0.2) is 28.8 Å². The first-order valence-electron chi connectivity index (χ1n) is 7.18. The average Bonchev–Trinajstić information content (AvgIpc) is 3.22. The lowest BCUT2D eigenvalue weighted by Crippen LogP contribution is -2.08. The molecule has 1 aromatic heterocycles. The molecule has 6 nitrogen and oxygen atoms in total. The van der Waals surface area contributed by atoms with Gasteiger partial charge in [0.2, 0.25) is 5.82 Å². The minimum absolute atomic E-state index is 0.0518. The zero-order valence-electron chi connectivity index (χ0n) is 12.0. The van der Waals surface area contributed by atoms with Crippen molar-refractivity contribution in [3.8, 4) is 5.75 Å². The SMILES string of the molecule is CCOC(c1noc(COc2ccc(N)cc2)n1)C1CC1. The molecule has 0 spiro atoms. The Morgan fingerprint density at radius 1 is 1.33 bits per heavy atom. The van der Waals surface area contributed by atoms with E-state index < -0.39 is 0 Å². The maximum atomic E-state index is 5.70. The van der Waals surface area contributed by atoms with Crippen molar-refractivity contribution in [3.63, 3.8) is 0 Å². The lowest BCUT2D eigenvalue weighted by atomic mass is 10.2.